The number of nitrogens with one attached hydrogen (secondary N) is 1. The number of hydrogen-bond acceptors (Lipinski definition) is 3. The van der Waals surface area contributed by atoms with Gasteiger partial charge in [0.1, 0.15) is 18.1 Å². The SMILES string of the molecule is O=C(COc1cc(F)cc(C(=O)O)c1)NCC(F)(F)F. The number of amides is 1. The van der Waals surface area contributed by atoms with Gasteiger partial charge in [0.25, 0.3) is 5.91 Å². The van der Waals surface area contributed by atoms with E-state index >= 15 is 0 Å². The van der Waals surface area contributed by atoms with E-state index in [4.69, 9.17) is 9.84 Å². The predicted octanol–water partition coefficient (Wildman–Crippen LogP) is 1.58. The molecule has 0 saturated carbocycles. The maximum absolute atomic E-state index is 13.0. The minimum atomic E-state index is -4.55. The number of carbonyl (C=O) groups excluding carboxylic acids is 1. The van der Waals surface area contributed by atoms with Crippen molar-refractivity contribution in [2.75, 3.05) is 13.2 Å². The molecule has 2 N–H and O–H groups in total. The monoisotopic (exact) mass is 295 g/mol. The van der Waals surface area contributed by atoms with Crippen LogP contribution in [0.2, 0.25) is 0 Å². The number of halogens is 4. The molecule has 0 radical (unpaired) electrons. The highest BCUT2D eigenvalue weighted by molar-refractivity contribution is 5.88. The molecule has 1 amide bonds. The first-order valence-electron chi connectivity index (χ1n) is 5.17. The fourth-order valence-electron chi connectivity index (χ4n) is 1.17. The lowest BCUT2D eigenvalue weighted by atomic mass is 10.2. The molecule has 0 atom stereocenters. The molecule has 1 aromatic carbocycles. The summed E-state index contributed by atoms with van der Waals surface area (Å²) >= 11 is 0. The summed E-state index contributed by atoms with van der Waals surface area (Å²) in [5.74, 6) is -3.65. The molecule has 0 aliphatic heterocycles. The van der Waals surface area contributed by atoms with Crippen LogP contribution in [-0.2, 0) is 4.79 Å². The summed E-state index contributed by atoms with van der Waals surface area (Å²) in [6, 6.07) is 2.49. The second kappa shape index (κ2) is 6.22. The highest BCUT2D eigenvalue weighted by Crippen LogP contribution is 2.16. The zero-order valence-corrected chi connectivity index (χ0v) is 9.83. The molecule has 0 spiro atoms. The molecule has 0 bridgehead atoms. The number of benzene rings is 1. The average molecular weight is 295 g/mol. The maximum Gasteiger partial charge on any atom is 0.405 e. The summed E-state index contributed by atoms with van der Waals surface area (Å²) in [4.78, 5) is 21.7. The van der Waals surface area contributed by atoms with Crippen molar-refractivity contribution in [3.05, 3.63) is 29.6 Å². The molecule has 0 aliphatic rings. The fraction of sp³-hybridized carbons (Fsp3) is 0.273. The van der Waals surface area contributed by atoms with Crippen LogP contribution in [0.1, 0.15) is 10.4 Å². The number of alkyl halides is 3. The van der Waals surface area contributed by atoms with E-state index in [0.29, 0.717) is 0 Å². The summed E-state index contributed by atoms with van der Waals surface area (Å²) in [6.45, 7) is -2.31. The molecule has 0 saturated heterocycles. The molecule has 20 heavy (non-hydrogen) atoms. The average Bonchev–Trinajstić information content (AvgIpc) is 2.32. The Bertz CT molecular complexity index is 516. The number of carboxylic acids is 1. The van der Waals surface area contributed by atoms with Gasteiger partial charge in [-0.2, -0.15) is 13.2 Å². The normalized spacial score (nSPS) is 11.0. The molecule has 1 rings (SSSR count). The Hall–Kier alpha value is -2.32. The first kappa shape index (κ1) is 15.7. The van der Waals surface area contributed by atoms with Gasteiger partial charge in [0.2, 0.25) is 0 Å². The van der Waals surface area contributed by atoms with E-state index in [2.05, 4.69) is 0 Å². The number of carboxylic acid groups (broad SMARTS) is 1. The van der Waals surface area contributed by atoms with Crippen molar-refractivity contribution in [3.8, 4) is 5.75 Å². The number of ether oxygens (including phenoxy) is 1. The van der Waals surface area contributed by atoms with Crippen LogP contribution in [-0.4, -0.2) is 36.3 Å². The molecule has 110 valence electrons. The van der Waals surface area contributed by atoms with Crippen molar-refractivity contribution in [3.63, 3.8) is 0 Å². The van der Waals surface area contributed by atoms with Crippen molar-refractivity contribution < 1.29 is 37.0 Å². The zero-order valence-electron chi connectivity index (χ0n) is 9.83. The van der Waals surface area contributed by atoms with Crippen LogP contribution in [0.5, 0.6) is 5.75 Å². The second-order valence-electron chi connectivity index (χ2n) is 3.66. The largest absolute Gasteiger partial charge is 0.484 e. The molecule has 9 heteroatoms. The van der Waals surface area contributed by atoms with E-state index < -0.39 is 42.6 Å². The minimum absolute atomic E-state index is 0.274. The van der Waals surface area contributed by atoms with E-state index in [-0.39, 0.29) is 5.75 Å². The van der Waals surface area contributed by atoms with Crippen molar-refractivity contribution in [1.29, 1.82) is 0 Å². The van der Waals surface area contributed by atoms with Crippen molar-refractivity contribution in [2.45, 2.75) is 6.18 Å². The van der Waals surface area contributed by atoms with E-state index in [1.807, 2.05) is 0 Å². The van der Waals surface area contributed by atoms with Crippen LogP contribution in [0, 0.1) is 5.82 Å². The lowest BCUT2D eigenvalue weighted by molar-refractivity contribution is -0.139. The molecule has 0 aromatic heterocycles. The third-order valence-corrected chi connectivity index (χ3v) is 1.97. The number of aromatic carboxylic acids is 1. The Morgan fingerprint density at radius 3 is 2.45 bits per heavy atom. The van der Waals surface area contributed by atoms with Crippen LogP contribution in [0.15, 0.2) is 18.2 Å². The quantitative estimate of drug-likeness (QED) is 0.809. The summed E-state index contributed by atoms with van der Waals surface area (Å²) < 4.78 is 53.2. The minimum Gasteiger partial charge on any atom is -0.484 e. The maximum atomic E-state index is 13.0. The third-order valence-electron chi connectivity index (χ3n) is 1.97. The van der Waals surface area contributed by atoms with Gasteiger partial charge in [-0.05, 0) is 12.1 Å². The lowest BCUT2D eigenvalue weighted by Crippen LogP contribution is -2.36. The topological polar surface area (TPSA) is 75.6 Å². The van der Waals surface area contributed by atoms with Gasteiger partial charge in [-0.25, -0.2) is 9.18 Å². The molecule has 0 heterocycles. The molecular formula is C11H9F4NO4. The number of hydrogen-bond donors (Lipinski definition) is 2. The van der Waals surface area contributed by atoms with Gasteiger partial charge < -0.3 is 15.2 Å². The summed E-state index contributed by atoms with van der Waals surface area (Å²) in [7, 11) is 0. The standard InChI is InChI=1S/C11H9F4NO4/c12-7-1-6(10(18)19)2-8(3-7)20-4-9(17)16-5-11(13,14)15/h1-3H,4-5H2,(H,16,17)(H,18,19). The van der Waals surface area contributed by atoms with E-state index in [9.17, 15) is 27.2 Å². The smallest absolute Gasteiger partial charge is 0.405 e. The Balaban J connectivity index is 2.57. The predicted molar refractivity (Wildman–Crippen MR) is 57.9 cm³/mol. The Morgan fingerprint density at radius 2 is 1.90 bits per heavy atom. The van der Waals surface area contributed by atoms with Crippen LogP contribution in [0.4, 0.5) is 17.6 Å². The van der Waals surface area contributed by atoms with Crippen molar-refractivity contribution in [1.82, 2.24) is 5.32 Å². The van der Waals surface area contributed by atoms with Gasteiger partial charge in [-0.1, -0.05) is 0 Å². The highest BCUT2D eigenvalue weighted by Gasteiger charge is 2.27. The van der Waals surface area contributed by atoms with Gasteiger partial charge in [0.05, 0.1) is 5.56 Å². The van der Waals surface area contributed by atoms with Crippen LogP contribution in [0.3, 0.4) is 0 Å². The molecule has 1 aromatic rings. The van der Waals surface area contributed by atoms with Crippen molar-refractivity contribution in [2.24, 2.45) is 0 Å². The van der Waals surface area contributed by atoms with Gasteiger partial charge in [0, 0.05) is 6.07 Å². The van der Waals surface area contributed by atoms with E-state index in [1.165, 1.54) is 0 Å². The summed E-state index contributed by atoms with van der Waals surface area (Å²) in [6.07, 6.45) is -4.55. The van der Waals surface area contributed by atoms with Crippen LogP contribution < -0.4 is 10.1 Å². The van der Waals surface area contributed by atoms with E-state index in [1.54, 1.807) is 5.32 Å². The molecule has 0 unspecified atom stereocenters. The Labute approximate surface area is 110 Å². The summed E-state index contributed by atoms with van der Waals surface area (Å²) in [5, 5.41) is 10.2. The second-order valence-corrected chi connectivity index (χ2v) is 3.66. The van der Waals surface area contributed by atoms with Crippen LogP contribution in [0.25, 0.3) is 0 Å². The first-order valence-corrected chi connectivity index (χ1v) is 5.17. The van der Waals surface area contributed by atoms with Gasteiger partial charge in [0.15, 0.2) is 6.61 Å². The number of carbonyl (C=O) groups is 2. The first-order chi connectivity index (χ1) is 9.17. The highest BCUT2D eigenvalue weighted by atomic mass is 19.4. The molecular weight excluding hydrogens is 286 g/mol. The van der Waals surface area contributed by atoms with Gasteiger partial charge >= 0.3 is 12.1 Å². The Morgan fingerprint density at radius 1 is 1.25 bits per heavy atom. The molecule has 0 aliphatic carbocycles. The molecule has 5 nitrogen and oxygen atoms in total. The van der Waals surface area contributed by atoms with Gasteiger partial charge in [-0.15, -0.1) is 0 Å². The van der Waals surface area contributed by atoms with Crippen molar-refractivity contribution >= 4 is 11.9 Å². The summed E-state index contributed by atoms with van der Waals surface area (Å²) in [5.41, 5.74) is -0.407. The third kappa shape index (κ3) is 5.55. The lowest BCUT2D eigenvalue weighted by Gasteiger charge is -2.10. The molecule has 0 fully saturated rings. The zero-order chi connectivity index (χ0) is 15.3. The van der Waals surface area contributed by atoms with Gasteiger partial charge in [-0.3, -0.25) is 4.79 Å². The fourth-order valence-corrected chi connectivity index (χ4v) is 1.17. The number of rotatable bonds is 5. The Kier molecular flexibility index (Phi) is 4.89. The van der Waals surface area contributed by atoms with E-state index in [0.717, 1.165) is 18.2 Å². The van der Waals surface area contributed by atoms with Crippen LogP contribution >= 0.6 is 0 Å².